The zero-order chi connectivity index (χ0) is 29.8. The number of rotatable bonds is 8. The van der Waals surface area contributed by atoms with Crippen LogP contribution in [-0.2, 0) is 32.1 Å². The topological polar surface area (TPSA) is 207 Å². The number of aromatic carboxylic acids is 1. The summed E-state index contributed by atoms with van der Waals surface area (Å²) in [6, 6.07) is 4.78. The molecule has 0 aliphatic carbocycles. The van der Waals surface area contributed by atoms with E-state index in [1.807, 2.05) is 0 Å². The van der Waals surface area contributed by atoms with Crippen LogP contribution in [-0.4, -0.2) is 93.4 Å². The standard InChI is InChI=1S/C25H26BN5O10/c1-2-30-9-10-31(23(36)22(30)35)25(39)28-19(15-6-4-8-29(12-15)13-18(32)33)21(34)27-17-11-14-5-3-7-16(24(37)38)20(14)41-26(17)40/h3-8,12,17,19,40H,2,9-11,13H2,1H3,(H3-,27,28,32,33,34,37,38,39)/p+1/t17-,19?/m0/s1. The maximum atomic E-state index is 13.5. The van der Waals surface area contributed by atoms with E-state index < -0.39 is 61.3 Å². The summed E-state index contributed by atoms with van der Waals surface area (Å²) >= 11 is 0. The van der Waals surface area contributed by atoms with Crippen LogP contribution in [0.25, 0.3) is 0 Å². The van der Waals surface area contributed by atoms with Crippen LogP contribution in [0.3, 0.4) is 0 Å². The quantitative estimate of drug-likeness (QED) is 0.139. The SMILES string of the molecule is CCN1CCN(C(=O)NC(C(=O)N[C@H]2Cc3cccc(C(=O)O)c3OB2O)c2ccc[n+](CC(=O)O)c2)C(=O)C1=O. The number of carboxylic acid groups (broad SMARTS) is 2. The van der Waals surface area contributed by atoms with E-state index in [0.29, 0.717) is 10.5 Å². The molecule has 214 valence electrons. The average molecular weight is 568 g/mol. The van der Waals surface area contributed by atoms with E-state index in [2.05, 4.69) is 10.6 Å². The summed E-state index contributed by atoms with van der Waals surface area (Å²) in [5, 5.41) is 34.2. The number of carboxylic acids is 2. The van der Waals surface area contributed by atoms with Crippen LogP contribution in [0.15, 0.2) is 42.7 Å². The second kappa shape index (κ2) is 12.0. The fourth-order valence-corrected chi connectivity index (χ4v) is 4.62. The molecule has 0 radical (unpaired) electrons. The Kier molecular flexibility index (Phi) is 8.52. The summed E-state index contributed by atoms with van der Waals surface area (Å²) in [6.45, 7) is 1.53. The lowest BCUT2D eigenvalue weighted by Crippen LogP contribution is -2.60. The van der Waals surface area contributed by atoms with Gasteiger partial charge in [-0.25, -0.2) is 14.4 Å². The molecule has 1 fully saturated rings. The van der Waals surface area contributed by atoms with Crippen molar-refractivity contribution in [2.24, 2.45) is 0 Å². The number of hydrogen-bond acceptors (Lipinski definition) is 8. The van der Waals surface area contributed by atoms with Crippen LogP contribution in [0.5, 0.6) is 5.75 Å². The van der Waals surface area contributed by atoms with Crippen LogP contribution in [0, 0.1) is 0 Å². The Bertz CT molecular complexity index is 1420. The Hall–Kier alpha value is -4.99. The van der Waals surface area contributed by atoms with E-state index in [9.17, 15) is 38.9 Å². The van der Waals surface area contributed by atoms with Gasteiger partial charge in [-0.05, 0) is 31.0 Å². The number of hydrogen-bond donors (Lipinski definition) is 5. The first-order valence-electron chi connectivity index (χ1n) is 12.6. The minimum Gasteiger partial charge on any atom is -0.534 e. The van der Waals surface area contributed by atoms with Gasteiger partial charge >= 0.3 is 36.9 Å². The number of aromatic nitrogens is 1. The Morgan fingerprint density at radius 1 is 1.12 bits per heavy atom. The van der Waals surface area contributed by atoms with Crippen molar-refractivity contribution in [3.05, 3.63) is 59.4 Å². The summed E-state index contributed by atoms with van der Waals surface area (Å²) in [4.78, 5) is 76.3. The molecule has 1 aromatic carbocycles. The number of nitrogens with one attached hydrogen (secondary N) is 2. The minimum absolute atomic E-state index is 0.0101. The van der Waals surface area contributed by atoms with Crippen LogP contribution in [0.2, 0.25) is 0 Å². The van der Waals surface area contributed by atoms with Crippen molar-refractivity contribution in [3.8, 4) is 5.75 Å². The number of pyridine rings is 1. The average Bonchev–Trinajstić information content (AvgIpc) is 2.92. The molecule has 1 aromatic heterocycles. The molecule has 5 amide bonds. The molecule has 16 heteroatoms. The highest BCUT2D eigenvalue weighted by atomic mass is 16.5. The lowest BCUT2D eigenvalue weighted by atomic mass is 9.72. The van der Waals surface area contributed by atoms with Gasteiger partial charge in [-0.1, -0.05) is 12.1 Å². The van der Waals surface area contributed by atoms with Crippen molar-refractivity contribution in [2.45, 2.75) is 31.9 Å². The molecule has 41 heavy (non-hydrogen) atoms. The van der Waals surface area contributed by atoms with Crippen LogP contribution >= 0.6 is 0 Å². The molecule has 2 aliphatic heterocycles. The number of carbonyl (C=O) groups is 6. The largest absolute Gasteiger partial charge is 0.547 e. The van der Waals surface area contributed by atoms with Crippen LogP contribution < -0.4 is 19.9 Å². The number of para-hydroxylation sites is 1. The lowest BCUT2D eigenvalue weighted by molar-refractivity contribution is -0.686. The van der Waals surface area contributed by atoms with Crippen molar-refractivity contribution in [1.29, 1.82) is 0 Å². The second-order valence-electron chi connectivity index (χ2n) is 9.35. The predicted molar refractivity (Wildman–Crippen MR) is 137 cm³/mol. The number of urea groups is 1. The van der Waals surface area contributed by atoms with E-state index in [4.69, 9.17) is 9.76 Å². The molecule has 3 heterocycles. The number of aliphatic carboxylic acids is 1. The number of amides is 5. The molecule has 1 unspecified atom stereocenters. The second-order valence-corrected chi connectivity index (χ2v) is 9.35. The molecule has 5 N–H and O–H groups in total. The Morgan fingerprint density at radius 2 is 1.88 bits per heavy atom. The van der Waals surface area contributed by atoms with Gasteiger partial charge in [-0.3, -0.25) is 19.3 Å². The maximum absolute atomic E-state index is 13.5. The third kappa shape index (κ3) is 6.27. The third-order valence-corrected chi connectivity index (χ3v) is 6.68. The molecule has 15 nitrogen and oxygen atoms in total. The van der Waals surface area contributed by atoms with Crippen molar-refractivity contribution >= 4 is 42.8 Å². The van der Waals surface area contributed by atoms with Crippen LogP contribution in [0.1, 0.15) is 34.5 Å². The van der Waals surface area contributed by atoms with E-state index in [1.54, 1.807) is 13.0 Å². The van der Waals surface area contributed by atoms with Gasteiger partial charge in [0.05, 0.1) is 11.5 Å². The molecule has 0 saturated carbocycles. The van der Waals surface area contributed by atoms with Gasteiger partial charge in [0.25, 0.3) is 0 Å². The number of fused-ring (bicyclic) bond motifs is 1. The van der Waals surface area contributed by atoms with Crippen molar-refractivity contribution in [3.63, 3.8) is 0 Å². The molecule has 2 aliphatic rings. The Morgan fingerprint density at radius 3 is 2.56 bits per heavy atom. The number of benzene rings is 1. The normalized spacial score (nSPS) is 17.3. The first kappa shape index (κ1) is 29.0. The van der Waals surface area contributed by atoms with Gasteiger partial charge in [-0.15, -0.1) is 0 Å². The van der Waals surface area contributed by atoms with Gasteiger partial charge in [0.1, 0.15) is 11.8 Å². The third-order valence-electron chi connectivity index (χ3n) is 6.68. The highest BCUT2D eigenvalue weighted by Crippen LogP contribution is 2.30. The van der Waals surface area contributed by atoms with E-state index in [0.717, 1.165) is 0 Å². The summed E-state index contributed by atoms with van der Waals surface area (Å²) in [5.74, 6) is -6.29. The van der Waals surface area contributed by atoms with Crippen LogP contribution in [0.4, 0.5) is 4.79 Å². The first-order valence-corrected chi connectivity index (χ1v) is 12.6. The van der Waals surface area contributed by atoms with Gasteiger partial charge in [0.2, 0.25) is 12.5 Å². The Balaban J connectivity index is 1.59. The number of likely N-dealkylation sites (N-methyl/N-ethyl adjacent to an activating group) is 1. The van der Waals surface area contributed by atoms with Gasteiger partial charge in [0.15, 0.2) is 12.4 Å². The summed E-state index contributed by atoms with van der Waals surface area (Å²) in [6.07, 6.45) is 2.75. The Labute approximate surface area is 233 Å². The molecular weight excluding hydrogens is 541 g/mol. The molecule has 2 atom stereocenters. The maximum Gasteiger partial charge on any atom is 0.547 e. The summed E-state index contributed by atoms with van der Waals surface area (Å²) < 4.78 is 6.68. The molecule has 2 aromatic rings. The monoisotopic (exact) mass is 568 g/mol. The lowest BCUT2D eigenvalue weighted by Gasteiger charge is -2.33. The van der Waals surface area contributed by atoms with Gasteiger partial charge in [-0.2, -0.15) is 4.57 Å². The summed E-state index contributed by atoms with van der Waals surface area (Å²) in [5.41, 5.74) is 0.398. The molecule has 1 saturated heterocycles. The number of imide groups is 1. The molecule has 0 bridgehead atoms. The first-order chi connectivity index (χ1) is 19.5. The number of nitrogens with zero attached hydrogens (tertiary/aromatic N) is 3. The number of carbonyl (C=O) groups excluding carboxylic acids is 4. The van der Waals surface area contributed by atoms with Gasteiger partial charge < -0.3 is 35.4 Å². The molecular formula is C25H27BN5O10+. The van der Waals surface area contributed by atoms with E-state index >= 15 is 0 Å². The molecule has 0 spiro atoms. The highest BCUT2D eigenvalue weighted by molar-refractivity contribution is 6.47. The zero-order valence-corrected chi connectivity index (χ0v) is 21.9. The van der Waals surface area contributed by atoms with Crippen molar-refractivity contribution in [1.82, 2.24) is 20.4 Å². The van der Waals surface area contributed by atoms with Crippen molar-refractivity contribution in [2.75, 3.05) is 19.6 Å². The predicted octanol–water partition coefficient (Wildman–Crippen LogP) is -1.66. The van der Waals surface area contributed by atoms with Gasteiger partial charge in [0, 0.05) is 31.3 Å². The fraction of sp³-hybridized carbons (Fsp3) is 0.320. The van der Waals surface area contributed by atoms with E-state index in [-0.39, 0.29) is 42.9 Å². The van der Waals surface area contributed by atoms with E-state index in [1.165, 1.54) is 46.1 Å². The van der Waals surface area contributed by atoms with Crippen molar-refractivity contribution < 1.29 is 53.2 Å². The fourth-order valence-electron chi connectivity index (χ4n) is 4.62. The number of piperazine rings is 1. The summed E-state index contributed by atoms with van der Waals surface area (Å²) in [7, 11) is -1.64. The smallest absolute Gasteiger partial charge is 0.534 e. The minimum atomic E-state index is -1.64. The molecule has 4 rings (SSSR count). The highest BCUT2D eigenvalue weighted by Gasteiger charge is 2.41. The zero-order valence-electron chi connectivity index (χ0n) is 21.9.